The van der Waals surface area contributed by atoms with Crippen LogP contribution in [0, 0.1) is 13.8 Å². The van der Waals surface area contributed by atoms with Crippen molar-refractivity contribution >= 4 is 32.3 Å². The topological polar surface area (TPSA) is 0 Å². The minimum absolute atomic E-state index is 1.14. The molecule has 0 nitrogen and oxygen atoms in total. The number of aryl methyl sites for hydroxylation is 3. The van der Waals surface area contributed by atoms with E-state index in [2.05, 4.69) is 112 Å². The fraction of sp³-hybridized carbons (Fsp3) is 0.294. The maximum atomic E-state index is 2.24. The van der Waals surface area contributed by atoms with Crippen LogP contribution in [0.5, 0.6) is 0 Å². The minimum atomic E-state index is 1.14. The molecule has 0 atom stereocenters. The largest absolute Gasteiger partial charge is 0.0683 e. The molecule has 0 saturated heterocycles. The predicted molar refractivity (Wildman–Crippen MR) is 158 cm³/mol. The summed E-state index contributed by atoms with van der Waals surface area (Å²) in [7, 11) is 0. The summed E-state index contributed by atoms with van der Waals surface area (Å²) in [4.78, 5) is 0. The average Bonchev–Trinajstić information content (AvgIpc) is 2.92. The Bertz CT molecular complexity index is 1020. The fourth-order valence-corrected chi connectivity index (χ4v) is 4.13. The van der Waals surface area contributed by atoms with E-state index >= 15 is 0 Å². The highest BCUT2D eigenvalue weighted by Crippen LogP contribution is 2.34. The minimum Gasteiger partial charge on any atom is -0.0683 e. The van der Waals surface area contributed by atoms with Gasteiger partial charge in [-0.2, -0.15) is 0 Å². The van der Waals surface area contributed by atoms with Crippen LogP contribution in [-0.2, 0) is 6.42 Å². The van der Waals surface area contributed by atoms with E-state index < -0.39 is 0 Å². The van der Waals surface area contributed by atoms with Gasteiger partial charge in [-0.15, -0.1) is 0 Å². The molecular formula is C34H44. The monoisotopic (exact) mass is 452 g/mol. The summed E-state index contributed by atoms with van der Waals surface area (Å²) in [5.74, 6) is 0. The number of fused-ring (bicyclic) bond motifs is 6. The van der Waals surface area contributed by atoms with Crippen LogP contribution in [0.15, 0.2) is 91.0 Å². The lowest BCUT2D eigenvalue weighted by Gasteiger charge is -2.09. The van der Waals surface area contributed by atoms with E-state index in [1.807, 2.05) is 41.5 Å². The van der Waals surface area contributed by atoms with Gasteiger partial charge in [0.25, 0.3) is 0 Å². The Morgan fingerprint density at radius 3 is 0.853 bits per heavy atom. The molecule has 5 aromatic carbocycles. The molecular weight excluding hydrogens is 408 g/mol. The normalized spacial score (nSPS) is 9.44. The zero-order chi connectivity index (χ0) is 25.5. The third kappa shape index (κ3) is 7.19. The number of hydrogen-bond donors (Lipinski definition) is 0. The van der Waals surface area contributed by atoms with Crippen molar-refractivity contribution in [3.63, 3.8) is 0 Å². The van der Waals surface area contributed by atoms with Crippen LogP contribution in [0.2, 0.25) is 0 Å². The number of benzene rings is 5. The molecule has 0 N–H and O–H groups in total. The van der Waals surface area contributed by atoms with Crippen molar-refractivity contribution in [2.75, 3.05) is 0 Å². The van der Waals surface area contributed by atoms with Gasteiger partial charge in [0.05, 0.1) is 0 Å². The Hall–Kier alpha value is -3.12. The zero-order valence-corrected chi connectivity index (χ0v) is 22.9. The molecule has 0 fully saturated rings. The first-order valence-electron chi connectivity index (χ1n) is 13.0. The van der Waals surface area contributed by atoms with E-state index in [0.29, 0.717) is 0 Å². The maximum Gasteiger partial charge on any atom is -0.00990 e. The lowest BCUT2D eigenvalue weighted by Crippen LogP contribution is -1.83. The molecule has 0 aliphatic rings. The Morgan fingerprint density at radius 2 is 0.647 bits per heavy atom. The Balaban J connectivity index is 0.000000310. The van der Waals surface area contributed by atoms with Crippen molar-refractivity contribution in [3.05, 3.63) is 108 Å². The molecule has 0 heterocycles. The molecule has 5 aromatic rings. The highest BCUT2D eigenvalue weighted by Gasteiger charge is 2.06. The second kappa shape index (κ2) is 15.7. The quantitative estimate of drug-likeness (QED) is 0.222. The van der Waals surface area contributed by atoms with Gasteiger partial charge < -0.3 is 0 Å². The van der Waals surface area contributed by atoms with Crippen LogP contribution in [0.1, 0.15) is 65.2 Å². The van der Waals surface area contributed by atoms with Crippen LogP contribution in [0.3, 0.4) is 0 Å². The van der Waals surface area contributed by atoms with Gasteiger partial charge in [-0.1, -0.05) is 151 Å². The molecule has 0 radical (unpaired) electrons. The molecule has 0 spiro atoms. The third-order valence-electron chi connectivity index (χ3n) is 5.34. The van der Waals surface area contributed by atoms with Crippen molar-refractivity contribution in [2.24, 2.45) is 0 Å². The fourth-order valence-electron chi connectivity index (χ4n) is 4.13. The van der Waals surface area contributed by atoms with Crippen molar-refractivity contribution in [2.45, 2.75) is 68.7 Å². The molecule has 0 aliphatic heterocycles. The summed E-state index contributed by atoms with van der Waals surface area (Å²) in [6, 6.07) is 32.7. The molecule has 0 bridgehead atoms. The first-order valence-corrected chi connectivity index (χ1v) is 13.0. The van der Waals surface area contributed by atoms with Crippen LogP contribution < -0.4 is 0 Å². The Morgan fingerprint density at radius 1 is 0.412 bits per heavy atom. The lowest BCUT2D eigenvalue weighted by atomic mass is 9.95. The Kier molecular flexibility index (Phi) is 13.3. The lowest BCUT2D eigenvalue weighted by molar-refractivity contribution is 1.12. The predicted octanol–water partition coefficient (Wildman–Crippen LogP) is 11.1. The summed E-state index contributed by atoms with van der Waals surface area (Å²) < 4.78 is 0. The summed E-state index contributed by atoms with van der Waals surface area (Å²) in [5.41, 5.74) is 4.19. The van der Waals surface area contributed by atoms with Gasteiger partial charge in [0.1, 0.15) is 0 Å². The van der Waals surface area contributed by atoms with Crippen LogP contribution >= 0.6 is 0 Å². The molecule has 5 rings (SSSR count). The van der Waals surface area contributed by atoms with E-state index in [9.17, 15) is 0 Å². The molecule has 0 unspecified atom stereocenters. The van der Waals surface area contributed by atoms with E-state index in [-0.39, 0.29) is 0 Å². The van der Waals surface area contributed by atoms with E-state index in [1.54, 1.807) is 0 Å². The van der Waals surface area contributed by atoms with E-state index in [1.165, 1.54) is 49.0 Å². The molecule has 0 amide bonds. The standard InChI is InChI=1S/C18H12.C10H14.3C2H6/c1-2-8-14-13(7-1)15-9-3-4-11-17(15)18-12-6-5-10-16(14)18;1-4-10-6-8(2)5-9(3)7-10;3*1-2/h1-12H;5-7H,4H2,1-3H3;3*1-2H3. The van der Waals surface area contributed by atoms with Crippen molar-refractivity contribution in [3.8, 4) is 0 Å². The maximum absolute atomic E-state index is 2.24. The molecule has 0 aliphatic carbocycles. The molecule has 0 heteroatoms. The van der Waals surface area contributed by atoms with Gasteiger partial charge in [-0.05, 0) is 58.1 Å². The molecule has 180 valence electrons. The van der Waals surface area contributed by atoms with Gasteiger partial charge in [-0.3, -0.25) is 0 Å². The first kappa shape index (κ1) is 28.9. The summed E-state index contributed by atoms with van der Waals surface area (Å²) in [6.45, 7) is 18.5. The van der Waals surface area contributed by atoms with E-state index in [4.69, 9.17) is 0 Å². The van der Waals surface area contributed by atoms with Crippen molar-refractivity contribution < 1.29 is 0 Å². The SMILES string of the molecule is CC.CC.CC.CCc1cc(C)cc(C)c1.c1ccc2c(c1)c1ccccc1c1ccccc21. The van der Waals surface area contributed by atoms with Gasteiger partial charge in [0.15, 0.2) is 0 Å². The number of hydrogen-bond acceptors (Lipinski definition) is 0. The van der Waals surface area contributed by atoms with Gasteiger partial charge in [0.2, 0.25) is 0 Å². The smallest absolute Gasteiger partial charge is 0.00990 e. The molecule has 34 heavy (non-hydrogen) atoms. The zero-order valence-electron chi connectivity index (χ0n) is 22.9. The van der Waals surface area contributed by atoms with Gasteiger partial charge in [0, 0.05) is 0 Å². The summed E-state index contributed by atoms with van der Waals surface area (Å²) >= 11 is 0. The number of rotatable bonds is 1. The average molecular weight is 453 g/mol. The van der Waals surface area contributed by atoms with Gasteiger partial charge >= 0.3 is 0 Å². The highest BCUT2D eigenvalue weighted by molar-refractivity contribution is 6.25. The van der Waals surface area contributed by atoms with Gasteiger partial charge in [-0.25, -0.2) is 0 Å². The Labute approximate surface area is 208 Å². The second-order valence-corrected chi connectivity index (χ2v) is 7.49. The van der Waals surface area contributed by atoms with Crippen LogP contribution in [-0.4, -0.2) is 0 Å². The summed E-state index contributed by atoms with van der Waals surface area (Å²) in [6.07, 6.45) is 1.14. The second-order valence-electron chi connectivity index (χ2n) is 7.49. The van der Waals surface area contributed by atoms with Crippen LogP contribution in [0.4, 0.5) is 0 Å². The third-order valence-corrected chi connectivity index (χ3v) is 5.34. The molecule has 0 aromatic heterocycles. The van der Waals surface area contributed by atoms with Crippen molar-refractivity contribution in [1.82, 2.24) is 0 Å². The highest BCUT2D eigenvalue weighted by atomic mass is 14.1. The first-order chi connectivity index (χ1) is 16.7. The van der Waals surface area contributed by atoms with E-state index in [0.717, 1.165) is 6.42 Å². The summed E-state index contributed by atoms with van der Waals surface area (Å²) in [5, 5.41) is 8.04. The molecule has 0 saturated carbocycles. The van der Waals surface area contributed by atoms with Crippen LogP contribution in [0.25, 0.3) is 32.3 Å². The van der Waals surface area contributed by atoms with Crippen molar-refractivity contribution in [1.29, 1.82) is 0 Å².